The van der Waals surface area contributed by atoms with Crippen LogP contribution in [0.15, 0.2) is 12.2 Å². The Balaban J connectivity index is 1.83. The van der Waals surface area contributed by atoms with Crippen molar-refractivity contribution in [2.75, 3.05) is 0 Å². The van der Waals surface area contributed by atoms with Gasteiger partial charge in [0.1, 0.15) is 0 Å². The minimum atomic E-state index is 1.04. The summed E-state index contributed by atoms with van der Waals surface area (Å²) in [7, 11) is 0. The maximum atomic E-state index is 2.37. The maximum Gasteiger partial charge on any atom is -0.0317 e. The molecule has 1 saturated carbocycles. The van der Waals surface area contributed by atoms with E-state index < -0.39 is 0 Å². The number of rotatable bonds is 1. The van der Waals surface area contributed by atoms with Crippen LogP contribution in [-0.4, -0.2) is 0 Å². The third-order valence-corrected chi connectivity index (χ3v) is 3.36. The quantitative estimate of drug-likeness (QED) is 0.502. The Hall–Kier alpha value is -0.260. The van der Waals surface area contributed by atoms with E-state index in [1.54, 1.807) is 0 Å². The van der Waals surface area contributed by atoms with Crippen LogP contribution in [0.25, 0.3) is 0 Å². The van der Waals surface area contributed by atoms with Gasteiger partial charge in [-0.05, 0) is 24.7 Å². The molecule has 0 aromatic heterocycles. The largest absolute Gasteiger partial charge is 0.0882 e. The molecule has 0 heterocycles. The summed E-state index contributed by atoms with van der Waals surface area (Å²) in [5, 5.41) is 0. The van der Waals surface area contributed by atoms with Gasteiger partial charge in [0.25, 0.3) is 0 Å². The second kappa shape index (κ2) is 3.42. The molecule has 0 amide bonds. The lowest BCUT2D eigenvalue weighted by atomic mass is 9.79. The molecule has 0 nitrogen and oxygen atoms in total. The van der Waals surface area contributed by atoms with Gasteiger partial charge in [-0.15, -0.1) is 0 Å². The molecule has 0 aliphatic heterocycles. The summed E-state index contributed by atoms with van der Waals surface area (Å²) in [5.41, 5.74) is 0. The molecule has 2 aliphatic carbocycles. The molecule has 1 fully saturated rings. The summed E-state index contributed by atoms with van der Waals surface area (Å²) in [6.45, 7) is 0. The van der Waals surface area contributed by atoms with Gasteiger partial charge in [0, 0.05) is 0 Å². The molecule has 0 aromatic carbocycles. The Kier molecular flexibility index (Phi) is 2.30. The zero-order valence-electron chi connectivity index (χ0n) is 7.26. The van der Waals surface area contributed by atoms with E-state index in [9.17, 15) is 0 Å². The van der Waals surface area contributed by atoms with Gasteiger partial charge in [-0.1, -0.05) is 44.3 Å². The van der Waals surface area contributed by atoms with Crippen LogP contribution >= 0.6 is 0 Å². The van der Waals surface area contributed by atoms with Crippen LogP contribution in [0.1, 0.15) is 44.9 Å². The molecule has 2 rings (SSSR count). The summed E-state index contributed by atoms with van der Waals surface area (Å²) in [5.74, 6) is 2.12. The Morgan fingerprint density at radius 1 is 0.727 bits per heavy atom. The number of hydrogen-bond donors (Lipinski definition) is 0. The zero-order valence-corrected chi connectivity index (χ0v) is 7.26. The Morgan fingerprint density at radius 3 is 2.00 bits per heavy atom. The van der Waals surface area contributed by atoms with Gasteiger partial charge < -0.3 is 0 Å². The highest BCUT2D eigenvalue weighted by atomic mass is 14.3. The van der Waals surface area contributed by atoms with Crippen LogP contribution in [0, 0.1) is 11.8 Å². The van der Waals surface area contributed by atoms with E-state index >= 15 is 0 Å². The van der Waals surface area contributed by atoms with E-state index in [-0.39, 0.29) is 0 Å². The number of allylic oxidation sites excluding steroid dienone is 2. The van der Waals surface area contributed by atoms with Gasteiger partial charge in [0.05, 0.1) is 0 Å². The van der Waals surface area contributed by atoms with Gasteiger partial charge >= 0.3 is 0 Å². The number of hydrogen-bond acceptors (Lipinski definition) is 0. The van der Waals surface area contributed by atoms with Crippen LogP contribution < -0.4 is 0 Å². The van der Waals surface area contributed by atoms with Crippen molar-refractivity contribution in [1.82, 2.24) is 0 Å². The first kappa shape index (κ1) is 7.39. The van der Waals surface area contributed by atoms with Gasteiger partial charge in [0.2, 0.25) is 0 Å². The molecule has 0 radical (unpaired) electrons. The first-order valence-corrected chi connectivity index (χ1v) is 5.12. The van der Waals surface area contributed by atoms with Crippen molar-refractivity contribution in [2.45, 2.75) is 44.9 Å². The third-order valence-electron chi connectivity index (χ3n) is 3.36. The van der Waals surface area contributed by atoms with E-state index in [0.29, 0.717) is 0 Å². The molecule has 0 spiro atoms. The molecule has 0 aromatic rings. The summed E-state index contributed by atoms with van der Waals surface area (Å²) < 4.78 is 0. The molecule has 11 heavy (non-hydrogen) atoms. The predicted molar refractivity (Wildman–Crippen MR) is 48.4 cm³/mol. The van der Waals surface area contributed by atoms with Crippen LogP contribution in [-0.2, 0) is 0 Å². The molecule has 0 saturated heterocycles. The lowest BCUT2D eigenvalue weighted by Gasteiger charge is -2.26. The highest BCUT2D eigenvalue weighted by Gasteiger charge is 2.23. The SMILES string of the molecule is C1=CCC(C2CCCCC2)C1. The van der Waals surface area contributed by atoms with Crippen LogP contribution in [0.4, 0.5) is 0 Å². The van der Waals surface area contributed by atoms with Crippen LogP contribution in [0.3, 0.4) is 0 Å². The van der Waals surface area contributed by atoms with E-state index in [0.717, 1.165) is 11.8 Å². The second-order valence-corrected chi connectivity index (χ2v) is 4.10. The lowest BCUT2D eigenvalue weighted by Crippen LogP contribution is -2.15. The highest BCUT2D eigenvalue weighted by molar-refractivity contribution is 4.96. The first-order chi connectivity index (χ1) is 5.47. The second-order valence-electron chi connectivity index (χ2n) is 4.10. The van der Waals surface area contributed by atoms with Gasteiger partial charge in [0.15, 0.2) is 0 Å². The Bertz CT molecular complexity index is 132. The minimum absolute atomic E-state index is 1.04. The van der Waals surface area contributed by atoms with Crippen LogP contribution in [0.2, 0.25) is 0 Å². The summed E-state index contributed by atoms with van der Waals surface area (Å²) in [6, 6.07) is 0. The van der Waals surface area contributed by atoms with Crippen molar-refractivity contribution >= 4 is 0 Å². The average molecular weight is 150 g/mol. The fourth-order valence-corrected chi connectivity index (χ4v) is 2.63. The summed E-state index contributed by atoms with van der Waals surface area (Å²) in [6.07, 6.45) is 15.0. The fourth-order valence-electron chi connectivity index (χ4n) is 2.63. The van der Waals surface area contributed by atoms with Crippen molar-refractivity contribution in [1.29, 1.82) is 0 Å². The van der Waals surface area contributed by atoms with Gasteiger partial charge in [-0.2, -0.15) is 0 Å². The summed E-state index contributed by atoms with van der Waals surface area (Å²) >= 11 is 0. The van der Waals surface area contributed by atoms with E-state index in [1.165, 1.54) is 44.9 Å². The molecule has 0 atom stereocenters. The van der Waals surface area contributed by atoms with Crippen molar-refractivity contribution in [3.8, 4) is 0 Å². The third kappa shape index (κ3) is 1.66. The molecular formula is C11H18. The van der Waals surface area contributed by atoms with Crippen molar-refractivity contribution in [3.63, 3.8) is 0 Å². The smallest absolute Gasteiger partial charge is 0.0317 e. The monoisotopic (exact) mass is 150 g/mol. The minimum Gasteiger partial charge on any atom is -0.0882 e. The van der Waals surface area contributed by atoms with E-state index in [1.807, 2.05) is 0 Å². The highest BCUT2D eigenvalue weighted by Crippen LogP contribution is 2.36. The average Bonchev–Trinajstić information content (AvgIpc) is 2.58. The van der Waals surface area contributed by atoms with Gasteiger partial charge in [-0.25, -0.2) is 0 Å². The topological polar surface area (TPSA) is 0 Å². The van der Waals surface area contributed by atoms with E-state index in [2.05, 4.69) is 12.2 Å². The normalized spacial score (nSPS) is 28.0. The van der Waals surface area contributed by atoms with Gasteiger partial charge in [-0.3, -0.25) is 0 Å². The zero-order chi connectivity index (χ0) is 7.52. The van der Waals surface area contributed by atoms with Crippen molar-refractivity contribution < 1.29 is 0 Å². The molecule has 0 unspecified atom stereocenters. The first-order valence-electron chi connectivity index (χ1n) is 5.12. The maximum absolute atomic E-state index is 2.37. The molecule has 0 N–H and O–H groups in total. The summed E-state index contributed by atoms with van der Waals surface area (Å²) in [4.78, 5) is 0. The fraction of sp³-hybridized carbons (Fsp3) is 0.818. The predicted octanol–water partition coefficient (Wildman–Crippen LogP) is 3.53. The molecule has 62 valence electrons. The Morgan fingerprint density at radius 2 is 1.36 bits per heavy atom. The standard InChI is InChI=1S/C11H18/c1-2-6-10(7-3-1)11-8-4-5-9-11/h4-5,10-11H,1-3,6-9H2. The molecule has 2 aliphatic rings. The van der Waals surface area contributed by atoms with Crippen molar-refractivity contribution in [2.24, 2.45) is 11.8 Å². The molecule has 0 heteroatoms. The van der Waals surface area contributed by atoms with Crippen LogP contribution in [0.5, 0.6) is 0 Å². The van der Waals surface area contributed by atoms with Crippen molar-refractivity contribution in [3.05, 3.63) is 12.2 Å². The lowest BCUT2D eigenvalue weighted by molar-refractivity contribution is 0.257. The molecular weight excluding hydrogens is 132 g/mol. The molecule has 0 bridgehead atoms. The Labute approximate surface area is 69.7 Å². The van der Waals surface area contributed by atoms with E-state index in [4.69, 9.17) is 0 Å².